The van der Waals surface area contributed by atoms with Gasteiger partial charge in [0.2, 0.25) is 0 Å². The van der Waals surface area contributed by atoms with Gasteiger partial charge >= 0.3 is 6.18 Å². The second-order valence-electron chi connectivity index (χ2n) is 9.60. The SMILES string of the molecule is C=C/C=C(\C=C(/C)NNc1cc(/C(CCC)=N/CC)ccc1N=C)C(C)N1CCN(C(=C)CC(F)(F)F)CC1. The molecule has 2 N–H and O–H groups in total. The predicted octanol–water partition coefficient (Wildman–Crippen LogP) is 7.03. The zero-order valence-electron chi connectivity index (χ0n) is 23.7. The molecule has 6 nitrogen and oxygen atoms in total. The molecular weight excluding hydrogens is 501 g/mol. The Hall–Kier alpha value is -3.33. The molecule has 0 amide bonds. The van der Waals surface area contributed by atoms with Crippen LogP contribution in [-0.2, 0) is 0 Å². The fraction of sp³-hybridized carbons (Fsp3) is 0.467. The molecule has 1 saturated heterocycles. The summed E-state index contributed by atoms with van der Waals surface area (Å²) in [5.41, 5.74) is 12.2. The van der Waals surface area contributed by atoms with Crippen LogP contribution in [0.3, 0.4) is 0 Å². The zero-order valence-corrected chi connectivity index (χ0v) is 23.7. The second-order valence-corrected chi connectivity index (χ2v) is 9.60. The van der Waals surface area contributed by atoms with Crippen LogP contribution in [0.4, 0.5) is 24.5 Å². The molecule has 1 aromatic carbocycles. The normalized spacial score (nSPS) is 16.6. The average molecular weight is 545 g/mol. The molecule has 1 heterocycles. The van der Waals surface area contributed by atoms with Crippen molar-refractivity contribution in [1.29, 1.82) is 0 Å². The molecule has 0 bridgehead atoms. The van der Waals surface area contributed by atoms with Gasteiger partial charge in [0.15, 0.2) is 0 Å². The molecule has 0 saturated carbocycles. The first kappa shape index (κ1) is 31.9. The molecule has 1 aliphatic rings. The van der Waals surface area contributed by atoms with E-state index < -0.39 is 12.6 Å². The molecule has 214 valence electrons. The highest BCUT2D eigenvalue weighted by Crippen LogP contribution is 2.28. The Labute approximate surface area is 231 Å². The number of aliphatic imine (C=N–C) groups is 2. The number of anilines is 1. The number of benzene rings is 1. The van der Waals surface area contributed by atoms with E-state index in [1.54, 1.807) is 11.0 Å². The maximum absolute atomic E-state index is 12.8. The Morgan fingerprint density at radius 3 is 2.44 bits per heavy atom. The summed E-state index contributed by atoms with van der Waals surface area (Å²) in [4.78, 5) is 12.8. The van der Waals surface area contributed by atoms with E-state index in [-0.39, 0.29) is 11.7 Å². The van der Waals surface area contributed by atoms with Crippen molar-refractivity contribution >= 4 is 23.8 Å². The first-order valence-corrected chi connectivity index (χ1v) is 13.4. The second kappa shape index (κ2) is 15.3. The number of halogens is 3. The monoisotopic (exact) mass is 544 g/mol. The Morgan fingerprint density at radius 2 is 1.87 bits per heavy atom. The van der Waals surface area contributed by atoms with E-state index in [1.165, 1.54) is 0 Å². The van der Waals surface area contributed by atoms with E-state index in [9.17, 15) is 13.2 Å². The molecule has 9 heteroatoms. The number of nitrogens with one attached hydrogen (secondary N) is 2. The van der Waals surface area contributed by atoms with E-state index in [2.05, 4.69) is 59.5 Å². The molecule has 1 unspecified atom stereocenters. The molecule has 0 aliphatic carbocycles. The number of hydrazine groups is 1. The number of allylic oxidation sites excluding steroid dienone is 4. The number of hydrogen-bond donors (Lipinski definition) is 2. The van der Waals surface area contributed by atoms with Gasteiger partial charge in [-0.1, -0.05) is 44.7 Å². The van der Waals surface area contributed by atoms with E-state index >= 15 is 0 Å². The standard InChI is InChI=1S/C30H43F3N6/c1-8-11-25(24(6)39-17-15-38(16-18-39)23(5)21-30(31,32)33)19-22(4)36-37-29-20-26(13-14-28(29)34-7)27(12-9-2)35-10-3/h8,11,13-14,19-20,24,36-37H,1,5,7,9-10,12,15-18,21H2,2-4,6H3/b22-19+,25-11+,35-27+. The fourth-order valence-electron chi connectivity index (χ4n) is 4.57. The topological polar surface area (TPSA) is 55.3 Å². The van der Waals surface area contributed by atoms with Crippen LogP contribution in [0.2, 0.25) is 0 Å². The summed E-state index contributed by atoms with van der Waals surface area (Å²) < 4.78 is 38.3. The number of hydrogen-bond acceptors (Lipinski definition) is 6. The molecule has 2 rings (SSSR count). The maximum atomic E-state index is 12.8. The fourth-order valence-corrected chi connectivity index (χ4v) is 4.57. The van der Waals surface area contributed by atoms with Crippen molar-refractivity contribution in [3.63, 3.8) is 0 Å². The third-order valence-electron chi connectivity index (χ3n) is 6.62. The number of rotatable bonds is 14. The van der Waals surface area contributed by atoms with Crippen LogP contribution in [0.5, 0.6) is 0 Å². The van der Waals surface area contributed by atoms with Crippen LogP contribution < -0.4 is 10.9 Å². The van der Waals surface area contributed by atoms with Gasteiger partial charge in [0, 0.05) is 55.9 Å². The highest BCUT2D eigenvalue weighted by Gasteiger charge is 2.31. The summed E-state index contributed by atoms with van der Waals surface area (Å²) in [6, 6.07) is 6.03. The summed E-state index contributed by atoms with van der Waals surface area (Å²) in [5, 5.41) is 0. The van der Waals surface area contributed by atoms with Gasteiger partial charge in [-0.3, -0.25) is 20.3 Å². The van der Waals surface area contributed by atoms with Gasteiger partial charge < -0.3 is 10.3 Å². The van der Waals surface area contributed by atoms with Crippen molar-refractivity contribution in [2.45, 2.75) is 59.2 Å². The van der Waals surface area contributed by atoms with E-state index in [0.717, 1.165) is 53.3 Å². The van der Waals surface area contributed by atoms with Crippen LogP contribution in [-0.4, -0.2) is 67.2 Å². The van der Waals surface area contributed by atoms with Crippen molar-refractivity contribution in [2.24, 2.45) is 9.98 Å². The summed E-state index contributed by atoms with van der Waals surface area (Å²) >= 11 is 0. The minimum atomic E-state index is -4.24. The van der Waals surface area contributed by atoms with Crippen molar-refractivity contribution in [3.8, 4) is 0 Å². The molecule has 0 radical (unpaired) electrons. The van der Waals surface area contributed by atoms with Crippen molar-refractivity contribution in [1.82, 2.24) is 15.2 Å². The minimum absolute atomic E-state index is 0.0494. The first-order chi connectivity index (χ1) is 18.5. The third kappa shape index (κ3) is 10.1. The van der Waals surface area contributed by atoms with Gasteiger partial charge in [0.05, 0.1) is 17.8 Å². The molecule has 0 aromatic heterocycles. The lowest BCUT2D eigenvalue weighted by atomic mass is 10.0. The molecule has 1 fully saturated rings. The lowest BCUT2D eigenvalue weighted by molar-refractivity contribution is -0.131. The quantitative estimate of drug-likeness (QED) is 0.150. The van der Waals surface area contributed by atoms with Gasteiger partial charge in [0.1, 0.15) is 0 Å². The molecule has 0 spiro atoms. The third-order valence-corrected chi connectivity index (χ3v) is 6.62. The Morgan fingerprint density at radius 1 is 1.18 bits per heavy atom. The molecule has 1 atom stereocenters. The van der Waals surface area contributed by atoms with Crippen LogP contribution in [0.1, 0.15) is 52.5 Å². The maximum Gasteiger partial charge on any atom is 0.394 e. The van der Waals surface area contributed by atoms with Crippen LogP contribution >= 0.6 is 0 Å². The highest BCUT2D eigenvalue weighted by atomic mass is 19.4. The van der Waals surface area contributed by atoms with E-state index in [0.29, 0.717) is 26.2 Å². The van der Waals surface area contributed by atoms with Gasteiger partial charge in [-0.05, 0) is 63.3 Å². The largest absolute Gasteiger partial charge is 0.394 e. The summed E-state index contributed by atoms with van der Waals surface area (Å²) in [6.45, 7) is 22.5. The lowest BCUT2D eigenvalue weighted by Gasteiger charge is -2.40. The van der Waals surface area contributed by atoms with Gasteiger partial charge in [-0.2, -0.15) is 13.2 Å². The van der Waals surface area contributed by atoms with Crippen molar-refractivity contribution < 1.29 is 13.2 Å². The Bertz CT molecular complexity index is 1080. The average Bonchev–Trinajstić information content (AvgIpc) is 2.90. The van der Waals surface area contributed by atoms with Gasteiger partial charge in [-0.15, -0.1) is 0 Å². The molecular formula is C30H43F3N6. The molecule has 1 aromatic rings. The minimum Gasteiger partial charge on any atom is -0.372 e. The number of nitrogens with zero attached hydrogens (tertiary/aromatic N) is 4. The number of piperazine rings is 1. The lowest BCUT2D eigenvalue weighted by Crippen LogP contribution is -2.49. The van der Waals surface area contributed by atoms with Crippen LogP contribution in [0, 0.1) is 0 Å². The molecule has 39 heavy (non-hydrogen) atoms. The highest BCUT2D eigenvalue weighted by molar-refractivity contribution is 6.02. The first-order valence-electron chi connectivity index (χ1n) is 13.4. The summed E-state index contributed by atoms with van der Waals surface area (Å²) in [6.07, 6.45) is 2.45. The zero-order chi connectivity index (χ0) is 29.0. The Balaban J connectivity index is 2.10. The predicted molar refractivity (Wildman–Crippen MR) is 159 cm³/mol. The van der Waals surface area contributed by atoms with Crippen LogP contribution in [0.25, 0.3) is 0 Å². The molecule has 1 aliphatic heterocycles. The van der Waals surface area contributed by atoms with Gasteiger partial charge in [0.25, 0.3) is 0 Å². The summed E-state index contributed by atoms with van der Waals surface area (Å²) in [7, 11) is 0. The Kier molecular flexibility index (Phi) is 12.5. The van der Waals surface area contributed by atoms with Crippen molar-refractivity contribution in [2.75, 3.05) is 38.1 Å². The van der Waals surface area contributed by atoms with E-state index in [4.69, 9.17) is 0 Å². The summed E-state index contributed by atoms with van der Waals surface area (Å²) in [5.74, 6) is 0. The smallest absolute Gasteiger partial charge is 0.372 e. The van der Waals surface area contributed by atoms with Crippen molar-refractivity contribution in [3.05, 3.63) is 72.1 Å². The number of alkyl halides is 3. The van der Waals surface area contributed by atoms with Gasteiger partial charge in [-0.25, -0.2) is 0 Å². The van der Waals surface area contributed by atoms with E-state index in [1.807, 2.05) is 44.2 Å². The van der Waals surface area contributed by atoms with Crippen LogP contribution in [0.15, 0.2) is 76.5 Å².